The molecule has 31 heavy (non-hydrogen) atoms. The number of carbonyl (C=O) groups excluding carboxylic acids is 1. The van der Waals surface area contributed by atoms with Crippen molar-refractivity contribution >= 4 is 21.5 Å². The molecule has 1 heterocycles. The molecule has 0 saturated heterocycles. The predicted octanol–water partition coefficient (Wildman–Crippen LogP) is 3.74. The lowest BCUT2D eigenvalue weighted by Crippen LogP contribution is -2.19. The second-order valence-electron chi connectivity index (χ2n) is 6.81. The molecule has 0 spiro atoms. The Labute approximate surface area is 179 Å². The fourth-order valence-electron chi connectivity index (χ4n) is 3.28. The molecule has 0 aliphatic carbocycles. The summed E-state index contributed by atoms with van der Waals surface area (Å²) in [6, 6.07) is 13.6. The highest BCUT2D eigenvalue weighted by molar-refractivity contribution is 7.90. The van der Waals surface area contributed by atoms with Crippen molar-refractivity contribution in [2.24, 2.45) is 5.16 Å². The van der Waals surface area contributed by atoms with E-state index in [1.807, 2.05) is 0 Å². The van der Waals surface area contributed by atoms with Crippen molar-refractivity contribution in [3.8, 4) is 16.9 Å². The number of esters is 1. The van der Waals surface area contributed by atoms with Gasteiger partial charge in [0.1, 0.15) is 5.82 Å². The lowest BCUT2D eigenvalue weighted by molar-refractivity contribution is -0.135. The van der Waals surface area contributed by atoms with E-state index in [0.717, 1.165) is 6.26 Å². The number of oxime groups is 1. The molecule has 0 radical (unpaired) electrons. The number of benzene rings is 2. The van der Waals surface area contributed by atoms with Gasteiger partial charge in [-0.05, 0) is 55.8 Å². The first-order valence-electron chi connectivity index (χ1n) is 9.35. The standard InChI is InChI=1S/C22H21FN2O5S/c1-4-30-22(26)21(24-27)19-13-20(15-8-10-18(11-9-15)31(3,28)29)25(14(19)2)17-7-5-6-16(23)12-17/h5-13,27H,4H2,1-3H3. The highest BCUT2D eigenvalue weighted by atomic mass is 32.2. The normalized spacial score (nSPS) is 12.1. The number of ether oxygens (including phenoxy) is 1. The van der Waals surface area contributed by atoms with Gasteiger partial charge in [-0.1, -0.05) is 23.4 Å². The zero-order valence-electron chi connectivity index (χ0n) is 17.2. The van der Waals surface area contributed by atoms with Gasteiger partial charge in [0.05, 0.1) is 17.2 Å². The molecule has 0 amide bonds. The summed E-state index contributed by atoms with van der Waals surface area (Å²) in [6.07, 6.45) is 1.11. The number of sulfone groups is 1. The lowest BCUT2D eigenvalue weighted by atomic mass is 10.1. The van der Waals surface area contributed by atoms with Crippen molar-refractivity contribution in [3.63, 3.8) is 0 Å². The quantitative estimate of drug-likeness (QED) is 0.270. The third kappa shape index (κ3) is 4.51. The molecule has 1 N–H and O–H groups in total. The van der Waals surface area contributed by atoms with Crippen LogP contribution in [0.25, 0.3) is 16.9 Å². The van der Waals surface area contributed by atoms with Gasteiger partial charge in [0.25, 0.3) is 0 Å². The zero-order chi connectivity index (χ0) is 22.8. The van der Waals surface area contributed by atoms with Gasteiger partial charge < -0.3 is 14.5 Å². The van der Waals surface area contributed by atoms with Gasteiger partial charge in [-0.3, -0.25) is 0 Å². The number of halogens is 1. The second kappa shape index (κ2) is 8.73. The van der Waals surface area contributed by atoms with Crippen molar-refractivity contribution < 1.29 is 27.5 Å². The molecule has 162 valence electrons. The van der Waals surface area contributed by atoms with Crippen LogP contribution in [-0.4, -0.2) is 42.7 Å². The van der Waals surface area contributed by atoms with E-state index in [0.29, 0.717) is 28.2 Å². The number of nitrogens with zero attached hydrogens (tertiary/aromatic N) is 2. The van der Waals surface area contributed by atoms with E-state index in [1.165, 1.54) is 24.3 Å². The molecule has 2 aromatic carbocycles. The SMILES string of the molecule is CCOC(=O)C(=NO)c1cc(-c2ccc(S(C)(=O)=O)cc2)n(-c2cccc(F)c2)c1C. The summed E-state index contributed by atoms with van der Waals surface area (Å²) in [5, 5.41) is 12.6. The van der Waals surface area contributed by atoms with Crippen LogP contribution in [0.2, 0.25) is 0 Å². The molecule has 0 unspecified atom stereocenters. The van der Waals surface area contributed by atoms with Crippen LogP contribution in [-0.2, 0) is 19.4 Å². The number of rotatable bonds is 6. The molecule has 0 bridgehead atoms. The van der Waals surface area contributed by atoms with Crippen LogP contribution in [0.4, 0.5) is 4.39 Å². The van der Waals surface area contributed by atoms with E-state index in [4.69, 9.17) is 4.74 Å². The Bertz CT molecular complexity index is 1260. The first-order valence-corrected chi connectivity index (χ1v) is 11.2. The Balaban J connectivity index is 2.25. The Morgan fingerprint density at radius 2 is 1.84 bits per heavy atom. The molecular formula is C22H21FN2O5S. The van der Waals surface area contributed by atoms with E-state index < -0.39 is 21.6 Å². The Morgan fingerprint density at radius 1 is 1.16 bits per heavy atom. The van der Waals surface area contributed by atoms with Crippen molar-refractivity contribution in [3.05, 3.63) is 71.7 Å². The first kappa shape index (κ1) is 22.2. The maximum absolute atomic E-state index is 13.9. The minimum atomic E-state index is -3.38. The third-order valence-corrected chi connectivity index (χ3v) is 5.84. The van der Waals surface area contributed by atoms with Gasteiger partial charge in [-0.2, -0.15) is 0 Å². The molecule has 3 aromatic rings. The smallest absolute Gasteiger partial charge is 0.361 e. The topological polar surface area (TPSA) is 98.0 Å². The fourth-order valence-corrected chi connectivity index (χ4v) is 3.91. The van der Waals surface area contributed by atoms with Crippen LogP contribution < -0.4 is 0 Å². The highest BCUT2D eigenvalue weighted by Gasteiger charge is 2.24. The molecule has 0 aliphatic rings. The van der Waals surface area contributed by atoms with Gasteiger partial charge in [0.2, 0.25) is 0 Å². The molecule has 3 rings (SSSR count). The predicted molar refractivity (Wildman–Crippen MR) is 114 cm³/mol. The van der Waals surface area contributed by atoms with Gasteiger partial charge >= 0.3 is 5.97 Å². The summed E-state index contributed by atoms with van der Waals surface area (Å²) in [5.74, 6) is -1.25. The minimum absolute atomic E-state index is 0.0985. The number of hydrogen-bond acceptors (Lipinski definition) is 6. The largest absolute Gasteiger partial charge is 0.461 e. The molecule has 7 nitrogen and oxygen atoms in total. The minimum Gasteiger partial charge on any atom is -0.461 e. The van der Waals surface area contributed by atoms with Gasteiger partial charge in [0, 0.05) is 23.2 Å². The van der Waals surface area contributed by atoms with E-state index in [-0.39, 0.29) is 17.2 Å². The average molecular weight is 444 g/mol. The molecule has 0 fully saturated rings. The summed E-state index contributed by atoms with van der Waals surface area (Å²) in [5.41, 5.74) is 2.16. The van der Waals surface area contributed by atoms with Gasteiger partial charge in [-0.25, -0.2) is 17.6 Å². The van der Waals surface area contributed by atoms with Gasteiger partial charge in [-0.15, -0.1) is 0 Å². The van der Waals surface area contributed by atoms with Crippen molar-refractivity contribution in [2.75, 3.05) is 12.9 Å². The van der Waals surface area contributed by atoms with Crippen LogP contribution in [0.15, 0.2) is 64.6 Å². The first-order chi connectivity index (χ1) is 14.7. The summed E-state index contributed by atoms with van der Waals surface area (Å²) in [7, 11) is -3.38. The van der Waals surface area contributed by atoms with Crippen LogP contribution in [0.1, 0.15) is 18.2 Å². The lowest BCUT2D eigenvalue weighted by Gasteiger charge is -2.13. The van der Waals surface area contributed by atoms with Crippen LogP contribution in [0, 0.1) is 12.7 Å². The molecule has 1 aromatic heterocycles. The van der Waals surface area contributed by atoms with Crippen molar-refractivity contribution in [1.29, 1.82) is 0 Å². The van der Waals surface area contributed by atoms with E-state index in [2.05, 4.69) is 5.16 Å². The average Bonchev–Trinajstić information content (AvgIpc) is 3.05. The Morgan fingerprint density at radius 3 is 2.39 bits per heavy atom. The van der Waals surface area contributed by atoms with Gasteiger partial charge in [0.15, 0.2) is 15.5 Å². The number of carbonyl (C=O) groups is 1. The molecule has 0 saturated carbocycles. The maximum atomic E-state index is 13.9. The van der Waals surface area contributed by atoms with Crippen molar-refractivity contribution in [2.45, 2.75) is 18.7 Å². The monoisotopic (exact) mass is 444 g/mol. The molecule has 0 aliphatic heterocycles. The van der Waals surface area contributed by atoms with Crippen LogP contribution in [0.3, 0.4) is 0 Å². The maximum Gasteiger partial charge on any atom is 0.361 e. The highest BCUT2D eigenvalue weighted by Crippen LogP contribution is 2.31. The molecular weight excluding hydrogens is 423 g/mol. The summed E-state index contributed by atoms with van der Waals surface area (Å²) >= 11 is 0. The van der Waals surface area contributed by atoms with E-state index in [9.17, 15) is 22.8 Å². The summed E-state index contributed by atoms with van der Waals surface area (Å²) in [4.78, 5) is 12.4. The second-order valence-corrected chi connectivity index (χ2v) is 8.83. The Hall–Kier alpha value is -3.46. The van der Waals surface area contributed by atoms with Crippen LogP contribution in [0.5, 0.6) is 0 Å². The molecule has 9 heteroatoms. The number of aromatic nitrogens is 1. The third-order valence-electron chi connectivity index (χ3n) is 4.72. The van der Waals surface area contributed by atoms with Crippen molar-refractivity contribution in [1.82, 2.24) is 4.57 Å². The van der Waals surface area contributed by atoms with E-state index >= 15 is 0 Å². The van der Waals surface area contributed by atoms with Crippen LogP contribution >= 0.6 is 0 Å². The summed E-state index contributed by atoms with van der Waals surface area (Å²) in [6.45, 7) is 3.42. The Kier molecular flexibility index (Phi) is 6.26. The number of hydrogen-bond donors (Lipinski definition) is 1. The summed E-state index contributed by atoms with van der Waals surface area (Å²) < 4.78 is 44.2. The van der Waals surface area contributed by atoms with E-state index in [1.54, 1.807) is 48.7 Å². The fraction of sp³-hybridized carbons (Fsp3) is 0.182. The zero-order valence-corrected chi connectivity index (χ0v) is 18.0. The molecule has 0 atom stereocenters.